The molecule has 38 heavy (non-hydrogen) atoms. The van der Waals surface area contributed by atoms with Crippen LogP contribution in [0.3, 0.4) is 0 Å². The van der Waals surface area contributed by atoms with Crippen molar-refractivity contribution in [1.82, 2.24) is 15.1 Å². The van der Waals surface area contributed by atoms with E-state index in [9.17, 15) is 18.0 Å². The van der Waals surface area contributed by atoms with Crippen LogP contribution in [0.15, 0.2) is 42.7 Å². The number of rotatable bonds is 8. The zero-order valence-electron chi connectivity index (χ0n) is 21.2. The van der Waals surface area contributed by atoms with Crippen LogP contribution in [0.1, 0.15) is 51.1 Å². The minimum absolute atomic E-state index is 0.0118. The van der Waals surface area contributed by atoms with Gasteiger partial charge in [0.05, 0.1) is 28.2 Å². The van der Waals surface area contributed by atoms with Crippen LogP contribution in [0.4, 0.5) is 24.5 Å². The molecule has 202 valence electrons. The van der Waals surface area contributed by atoms with Crippen molar-refractivity contribution in [3.63, 3.8) is 0 Å². The van der Waals surface area contributed by atoms with Crippen molar-refractivity contribution >= 4 is 34.6 Å². The SMILES string of the molecule is Cc1ccc(C(=O)Nc2cc(CNC3CC3)c(Cl)c(C(F)(F)F)c2)cc1N(N)/C=C(\N)c1cnn(C)c1C. The first kappa shape index (κ1) is 27.5. The van der Waals surface area contributed by atoms with E-state index >= 15 is 0 Å². The topological polar surface area (TPSA) is 114 Å². The van der Waals surface area contributed by atoms with Crippen molar-refractivity contribution in [2.24, 2.45) is 18.6 Å². The number of anilines is 2. The van der Waals surface area contributed by atoms with E-state index in [0.29, 0.717) is 16.9 Å². The summed E-state index contributed by atoms with van der Waals surface area (Å²) in [6, 6.07) is 7.36. The van der Waals surface area contributed by atoms with Gasteiger partial charge in [-0.05, 0) is 62.1 Å². The molecule has 0 unspecified atom stereocenters. The van der Waals surface area contributed by atoms with Gasteiger partial charge in [0.1, 0.15) is 0 Å². The zero-order chi connectivity index (χ0) is 27.8. The summed E-state index contributed by atoms with van der Waals surface area (Å²) in [7, 11) is 1.80. The highest BCUT2D eigenvalue weighted by atomic mass is 35.5. The van der Waals surface area contributed by atoms with Crippen LogP contribution in [-0.4, -0.2) is 21.7 Å². The fourth-order valence-electron chi connectivity index (χ4n) is 3.94. The Labute approximate surface area is 223 Å². The van der Waals surface area contributed by atoms with Gasteiger partial charge in [0, 0.05) is 48.3 Å². The highest BCUT2D eigenvalue weighted by Crippen LogP contribution is 2.39. The standard InChI is InChI=1S/C26H29ClF3N7O/c1-14-4-5-16(9-23(14)37(32)13-22(31)20-12-34-36(3)15(20)2)25(38)35-19-8-17(11-33-18-6-7-18)24(27)21(10-19)26(28,29)30/h4-5,8-10,12-13,18,33H,6-7,11,31-32H2,1-3H3,(H,35,38)/b22-13-. The summed E-state index contributed by atoms with van der Waals surface area (Å²) < 4.78 is 42.7. The van der Waals surface area contributed by atoms with Crippen molar-refractivity contribution < 1.29 is 18.0 Å². The number of amides is 1. The Morgan fingerprint density at radius 1 is 1.26 bits per heavy atom. The molecule has 1 amide bonds. The molecule has 0 atom stereocenters. The summed E-state index contributed by atoms with van der Waals surface area (Å²) in [4.78, 5) is 13.1. The second kappa shape index (κ2) is 10.7. The van der Waals surface area contributed by atoms with Crippen LogP contribution < -0.4 is 27.2 Å². The number of carbonyl (C=O) groups is 1. The van der Waals surface area contributed by atoms with Gasteiger partial charge in [-0.3, -0.25) is 14.5 Å². The van der Waals surface area contributed by atoms with Gasteiger partial charge in [0.25, 0.3) is 5.91 Å². The van der Waals surface area contributed by atoms with Crippen molar-refractivity contribution in [2.45, 2.75) is 45.5 Å². The number of carbonyl (C=O) groups excluding carboxylic acids is 1. The van der Waals surface area contributed by atoms with E-state index in [2.05, 4.69) is 15.7 Å². The number of nitrogens with one attached hydrogen (secondary N) is 2. The Hall–Kier alpha value is -3.54. The normalized spacial score (nSPS) is 14.1. The largest absolute Gasteiger partial charge is 0.417 e. The lowest BCUT2D eigenvalue weighted by Crippen LogP contribution is -2.27. The van der Waals surface area contributed by atoms with Gasteiger partial charge in [-0.15, -0.1) is 0 Å². The number of benzene rings is 2. The fraction of sp³-hybridized carbons (Fsp3) is 0.308. The number of hydrazine groups is 1. The van der Waals surface area contributed by atoms with Crippen LogP contribution >= 0.6 is 11.6 Å². The molecule has 0 radical (unpaired) electrons. The van der Waals surface area contributed by atoms with E-state index in [0.717, 1.165) is 30.2 Å². The molecular formula is C26H29ClF3N7O. The molecule has 1 aromatic heterocycles. The van der Waals surface area contributed by atoms with Crippen molar-refractivity contribution in [1.29, 1.82) is 0 Å². The average Bonchev–Trinajstić information content (AvgIpc) is 3.61. The van der Waals surface area contributed by atoms with Crippen LogP contribution in [-0.2, 0) is 19.8 Å². The Bertz CT molecular complexity index is 1400. The second-order valence-corrected chi connectivity index (χ2v) is 9.74. The molecule has 2 aromatic carbocycles. The van der Waals surface area contributed by atoms with Gasteiger partial charge in [-0.2, -0.15) is 18.3 Å². The average molecular weight is 548 g/mol. The number of nitrogens with two attached hydrogens (primary N) is 2. The van der Waals surface area contributed by atoms with Crippen LogP contribution in [0.25, 0.3) is 5.70 Å². The molecule has 0 spiro atoms. The van der Waals surface area contributed by atoms with Crippen LogP contribution in [0, 0.1) is 13.8 Å². The lowest BCUT2D eigenvalue weighted by molar-refractivity contribution is -0.137. The summed E-state index contributed by atoms with van der Waals surface area (Å²) in [5, 5.41) is 10.8. The lowest BCUT2D eigenvalue weighted by Gasteiger charge is -2.19. The number of halogens is 4. The summed E-state index contributed by atoms with van der Waals surface area (Å²) in [5.41, 5.74) is 8.85. The third-order valence-corrected chi connectivity index (χ3v) is 6.89. The lowest BCUT2D eigenvalue weighted by atomic mass is 10.1. The van der Waals surface area contributed by atoms with E-state index in [-0.39, 0.29) is 34.4 Å². The predicted octanol–water partition coefficient (Wildman–Crippen LogP) is 4.85. The first-order valence-electron chi connectivity index (χ1n) is 11.9. The van der Waals surface area contributed by atoms with Crippen molar-refractivity contribution in [2.75, 3.05) is 10.3 Å². The van der Waals surface area contributed by atoms with Gasteiger partial charge < -0.3 is 16.4 Å². The summed E-state index contributed by atoms with van der Waals surface area (Å²) in [6.45, 7) is 3.84. The zero-order valence-corrected chi connectivity index (χ0v) is 21.9. The predicted molar refractivity (Wildman–Crippen MR) is 142 cm³/mol. The van der Waals surface area contributed by atoms with E-state index in [4.69, 9.17) is 23.2 Å². The Morgan fingerprint density at radius 3 is 2.58 bits per heavy atom. The van der Waals surface area contributed by atoms with Gasteiger partial charge in [0.2, 0.25) is 0 Å². The van der Waals surface area contributed by atoms with Gasteiger partial charge in [-0.25, -0.2) is 5.84 Å². The summed E-state index contributed by atoms with van der Waals surface area (Å²) in [6.07, 6.45) is 0.402. The molecule has 1 fully saturated rings. The molecule has 1 saturated carbocycles. The minimum Gasteiger partial charge on any atom is -0.397 e. The molecule has 0 aliphatic heterocycles. The second-order valence-electron chi connectivity index (χ2n) is 9.36. The number of hydrogen-bond acceptors (Lipinski definition) is 6. The Balaban J connectivity index is 1.59. The number of hydrogen-bond donors (Lipinski definition) is 4. The summed E-state index contributed by atoms with van der Waals surface area (Å²) >= 11 is 6.08. The number of aromatic nitrogens is 2. The maximum atomic E-state index is 13.7. The van der Waals surface area contributed by atoms with E-state index in [1.807, 2.05) is 13.8 Å². The molecule has 6 N–H and O–H groups in total. The van der Waals surface area contributed by atoms with Crippen molar-refractivity contribution in [3.05, 3.63) is 81.3 Å². The molecule has 1 aliphatic rings. The Kier molecular flexibility index (Phi) is 7.73. The quantitative estimate of drug-likeness (QED) is 0.237. The fourth-order valence-corrected chi connectivity index (χ4v) is 4.22. The highest BCUT2D eigenvalue weighted by molar-refractivity contribution is 6.32. The maximum Gasteiger partial charge on any atom is 0.417 e. The molecule has 1 heterocycles. The van der Waals surface area contributed by atoms with Gasteiger partial charge in [0.15, 0.2) is 0 Å². The molecule has 12 heteroatoms. The number of alkyl halides is 3. The van der Waals surface area contributed by atoms with Crippen LogP contribution in [0.2, 0.25) is 5.02 Å². The van der Waals surface area contributed by atoms with E-state index < -0.39 is 17.6 Å². The number of aryl methyl sites for hydroxylation is 2. The molecule has 0 saturated heterocycles. The molecule has 3 aromatic rings. The first-order chi connectivity index (χ1) is 17.8. The van der Waals surface area contributed by atoms with E-state index in [1.165, 1.54) is 17.3 Å². The molecule has 4 rings (SSSR count). The highest BCUT2D eigenvalue weighted by Gasteiger charge is 2.35. The number of nitrogens with zero attached hydrogens (tertiary/aromatic N) is 3. The molecular weight excluding hydrogens is 519 g/mol. The third-order valence-electron chi connectivity index (χ3n) is 6.44. The maximum absolute atomic E-state index is 13.7. The minimum atomic E-state index is -4.68. The summed E-state index contributed by atoms with van der Waals surface area (Å²) in [5.74, 6) is 5.65. The third kappa shape index (κ3) is 6.12. The van der Waals surface area contributed by atoms with Crippen molar-refractivity contribution in [3.8, 4) is 0 Å². The Morgan fingerprint density at radius 2 is 1.97 bits per heavy atom. The molecule has 1 aliphatic carbocycles. The van der Waals surface area contributed by atoms with Crippen LogP contribution in [0.5, 0.6) is 0 Å². The molecule has 0 bridgehead atoms. The van der Waals surface area contributed by atoms with Gasteiger partial charge >= 0.3 is 6.18 Å². The van der Waals surface area contributed by atoms with Gasteiger partial charge in [-0.1, -0.05) is 17.7 Å². The smallest absolute Gasteiger partial charge is 0.397 e. The monoisotopic (exact) mass is 547 g/mol. The first-order valence-corrected chi connectivity index (χ1v) is 12.3. The van der Waals surface area contributed by atoms with E-state index in [1.54, 1.807) is 36.1 Å². The molecule has 8 nitrogen and oxygen atoms in total.